The summed E-state index contributed by atoms with van der Waals surface area (Å²) in [6.07, 6.45) is 0. The molecule has 0 bridgehead atoms. The van der Waals surface area contributed by atoms with E-state index in [4.69, 9.17) is 0 Å². The van der Waals surface area contributed by atoms with E-state index in [9.17, 15) is 0 Å². The van der Waals surface area contributed by atoms with Crippen LogP contribution < -0.4 is 0 Å². The molecule has 0 N–H and O–H groups in total. The van der Waals surface area contributed by atoms with Crippen molar-refractivity contribution in [2.45, 2.75) is 45.8 Å². The van der Waals surface area contributed by atoms with Crippen molar-refractivity contribution in [2.75, 3.05) is 0 Å². The highest BCUT2D eigenvalue weighted by atomic mass is 15.2. The highest BCUT2D eigenvalue weighted by Crippen LogP contribution is 2.42. The maximum Gasteiger partial charge on any atom is 0.0331 e. The maximum absolute atomic E-state index is 2.57. The Kier molecular flexibility index (Phi) is 2.36. The third-order valence-corrected chi connectivity index (χ3v) is 3.39. The monoisotopic (exact) mass is 189 g/mol. The average Bonchev–Trinajstić information content (AvgIpc) is 2.41. The Labute approximate surface area is 86.7 Å². The molecule has 1 aliphatic heterocycles. The van der Waals surface area contributed by atoms with E-state index in [1.807, 2.05) is 0 Å². The van der Waals surface area contributed by atoms with Gasteiger partial charge in [0.15, 0.2) is 0 Å². The third kappa shape index (κ3) is 1.27. The molecule has 2 atom stereocenters. The van der Waals surface area contributed by atoms with Crippen molar-refractivity contribution in [3.05, 3.63) is 35.4 Å². The topological polar surface area (TPSA) is 3.24 Å². The molecule has 2 rings (SSSR count). The first-order valence-corrected chi connectivity index (χ1v) is 5.49. The molecule has 1 aromatic carbocycles. The summed E-state index contributed by atoms with van der Waals surface area (Å²) < 4.78 is 0. The summed E-state index contributed by atoms with van der Waals surface area (Å²) in [6, 6.07) is 10.6. The molecule has 0 radical (unpaired) electrons. The van der Waals surface area contributed by atoms with Crippen molar-refractivity contribution in [3.63, 3.8) is 0 Å². The molecule has 0 spiro atoms. The van der Waals surface area contributed by atoms with Crippen LogP contribution >= 0.6 is 0 Å². The molecule has 76 valence electrons. The predicted molar refractivity (Wildman–Crippen MR) is 60.2 cm³/mol. The van der Waals surface area contributed by atoms with E-state index in [1.54, 1.807) is 0 Å². The first kappa shape index (κ1) is 9.72. The van der Waals surface area contributed by atoms with Crippen LogP contribution in [-0.4, -0.2) is 10.9 Å². The van der Waals surface area contributed by atoms with E-state index in [0.717, 1.165) is 0 Å². The molecule has 1 heteroatoms. The zero-order valence-corrected chi connectivity index (χ0v) is 9.49. The molecule has 14 heavy (non-hydrogen) atoms. The van der Waals surface area contributed by atoms with E-state index in [-0.39, 0.29) is 0 Å². The lowest BCUT2D eigenvalue weighted by atomic mass is 10.0. The second-order valence-electron chi connectivity index (χ2n) is 4.52. The van der Waals surface area contributed by atoms with E-state index in [1.165, 1.54) is 11.1 Å². The summed E-state index contributed by atoms with van der Waals surface area (Å²) in [5.41, 5.74) is 3.02. The molecule has 1 nitrogen and oxygen atoms in total. The van der Waals surface area contributed by atoms with Crippen LogP contribution in [0, 0.1) is 0 Å². The van der Waals surface area contributed by atoms with Gasteiger partial charge in [-0.3, -0.25) is 4.90 Å². The number of benzene rings is 1. The van der Waals surface area contributed by atoms with Crippen LogP contribution in [0.25, 0.3) is 0 Å². The molecule has 1 aromatic rings. The molecule has 0 fully saturated rings. The van der Waals surface area contributed by atoms with Crippen LogP contribution in [0.15, 0.2) is 24.3 Å². The Morgan fingerprint density at radius 1 is 1.00 bits per heavy atom. The summed E-state index contributed by atoms with van der Waals surface area (Å²) in [5.74, 6) is 0. The molecular formula is C13H19N. The molecule has 0 saturated heterocycles. The Morgan fingerprint density at radius 2 is 1.43 bits per heavy atom. The number of hydrogen-bond acceptors (Lipinski definition) is 1. The van der Waals surface area contributed by atoms with Crippen molar-refractivity contribution in [3.8, 4) is 0 Å². The summed E-state index contributed by atoms with van der Waals surface area (Å²) in [6.45, 7) is 9.17. The van der Waals surface area contributed by atoms with Gasteiger partial charge >= 0.3 is 0 Å². The lowest BCUT2D eigenvalue weighted by molar-refractivity contribution is 0.138. The smallest absolute Gasteiger partial charge is 0.0331 e. The molecule has 0 saturated carbocycles. The second kappa shape index (κ2) is 3.39. The molecule has 0 amide bonds. The van der Waals surface area contributed by atoms with Gasteiger partial charge < -0.3 is 0 Å². The Bertz CT molecular complexity index is 301. The normalized spacial score (nSPS) is 26.9. The summed E-state index contributed by atoms with van der Waals surface area (Å²) in [7, 11) is 0. The summed E-state index contributed by atoms with van der Waals surface area (Å²) >= 11 is 0. The van der Waals surface area contributed by atoms with Crippen LogP contribution in [0.3, 0.4) is 0 Å². The number of rotatable bonds is 1. The maximum atomic E-state index is 2.57. The fourth-order valence-electron chi connectivity index (χ4n) is 2.82. The zero-order valence-electron chi connectivity index (χ0n) is 9.49. The molecule has 0 aliphatic carbocycles. The standard InChI is InChI=1S/C13H19N/c1-9(2)14-10(3)12-7-5-6-8-13(12)11(14)4/h5-11H,1-4H3. The number of hydrogen-bond donors (Lipinski definition) is 0. The molecular weight excluding hydrogens is 170 g/mol. The van der Waals surface area contributed by atoms with Gasteiger partial charge in [-0.2, -0.15) is 0 Å². The quantitative estimate of drug-likeness (QED) is 0.653. The largest absolute Gasteiger partial charge is 0.287 e. The summed E-state index contributed by atoms with van der Waals surface area (Å²) in [5, 5.41) is 0. The minimum absolute atomic E-state index is 0.571. The molecule has 1 aliphatic rings. The van der Waals surface area contributed by atoms with Gasteiger partial charge in [-0.25, -0.2) is 0 Å². The molecule has 1 heterocycles. The van der Waals surface area contributed by atoms with E-state index in [2.05, 4.69) is 56.9 Å². The van der Waals surface area contributed by atoms with Crippen LogP contribution in [-0.2, 0) is 0 Å². The molecule has 2 unspecified atom stereocenters. The summed E-state index contributed by atoms with van der Waals surface area (Å²) in [4.78, 5) is 2.57. The van der Waals surface area contributed by atoms with Crippen LogP contribution in [0.2, 0.25) is 0 Å². The van der Waals surface area contributed by atoms with Gasteiger partial charge in [0.25, 0.3) is 0 Å². The van der Waals surface area contributed by atoms with Gasteiger partial charge in [0, 0.05) is 18.1 Å². The number of fused-ring (bicyclic) bond motifs is 1. The highest BCUT2D eigenvalue weighted by molar-refractivity contribution is 5.36. The SMILES string of the molecule is CC(C)N1C(C)c2ccccc2C1C. The van der Waals surface area contributed by atoms with Crippen molar-refractivity contribution >= 4 is 0 Å². The third-order valence-electron chi connectivity index (χ3n) is 3.39. The lowest BCUT2D eigenvalue weighted by Gasteiger charge is -2.30. The van der Waals surface area contributed by atoms with Crippen molar-refractivity contribution in [2.24, 2.45) is 0 Å². The van der Waals surface area contributed by atoms with Gasteiger partial charge in [-0.1, -0.05) is 24.3 Å². The first-order valence-electron chi connectivity index (χ1n) is 5.49. The zero-order chi connectivity index (χ0) is 10.3. The van der Waals surface area contributed by atoms with E-state index < -0.39 is 0 Å². The van der Waals surface area contributed by atoms with Crippen molar-refractivity contribution < 1.29 is 0 Å². The Hall–Kier alpha value is -0.820. The number of nitrogens with zero attached hydrogens (tertiary/aromatic N) is 1. The predicted octanol–water partition coefficient (Wildman–Crippen LogP) is 3.53. The van der Waals surface area contributed by atoms with Gasteiger partial charge in [0.2, 0.25) is 0 Å². The van der Waals surface area contributed by atoms with Gasteiger partial charge in [0.05, 0.1) is 0 Å². The van der Waals surface area contributed by atoms with E-state index >= 15 is 0 Å². The van der Waals surface area contributed by atoms with Crippen molar-refractivity contribution in [1.29, 1.82) is 0 Å². The lowest BCUT2D eigenvalue weighted by Crippen LogP contribution is -2.30. The molecule has 0 aromatic heterocycles. The Morgan fingerprint density at radius 3 is 1.79 bits per heavy atom. The van der Waals surface area contributed by atoms with Crippen LogP contribution in [0.1, 0.15) is 50.9 Å². The fourth-order valence-corrected chi connectivity index (χ4v) is 2.82. The van der Waals surface area contributed by atoms with Gasteiger partial charge in [-0.15, -0.1) is 0 Å². The van der Waals surface area contributed by atoms with E-state index in [0.29, 0.717) is 18.1 Å². The fraction of sp³-hybridized carbons (Fsp3) is 0.538. The first-order chi connectivity index (χ1) is 6.63. The van der Waals surface area contributed by atoms with Crippen molar-refractivity contribution in [1.82, 2.24) is 4.90 Å². The Balaban J connectivity index is 2.43. The average molecular weight is 189 g/mol. The van der Waals surface area contributed by atoms with Crippen LogP contribution in [0.5, 0.6) is 0 Å². The minimum atomic E-state index is 0.571. The van der Waals surface area contributed by atoms with Crippen LogP contribution in [0.4, 0.5) is 0 Å². The minimum Gasteiger partial charge on any atom is -0.287 e. The van der Waals surface area contributed by atoms with Gasteiger partial charge in [-0.05, 0) is 38.8 Å². The second-order valence-corrected chi connectivity index (χ2v) is 4.52. The highest BCUT2D eigenvalue weighted by Gasteiger charge is 2.33. The van der Waals surface area contributed by atoms with Gasteiger partial charge in [0.1, 0.15) is 0 Å².